The number of aliphatic imine (C=N–C) groups is 1. The van der Waals surface area contributed by atoms with Gasteiger partial charge in [-0.25, -0.2) is 0 Å². The Morgan fingerprint density at radius 1 is 1.78 bits per heavy atom. The van der Waals surface area contributed by atoms with Gasteiger partial charge < -0.3 is 4.90 Å². The first kappa shape index (κ1) is 6.33. The predicted molar refractivity (Wildman–Crippen MR) is 39.5 cm³/mol. The second-order valence-corrected chi connectivity index (χ2v) is 2.15. The topological polar surface area (TPSA) is 15.6 Å². The van der Waals surface area contributed by atoms with Gasteiger partial charge in [0.2, 0.25) is 0 Å². The third kappa shape index (κ3) is 1.31. The molecule has 0 radical (unpaired) electrons. The van der Waals surface area contributed by atoms with E-state index >= 15 is 0 Å². The van der Waals surface area contributed by atoms with Crippen molar-refractivity contribution < 1.29 is 0 Å². The SMILES string of the molecule is C/C=C(\C)N1C=NCC1. The van der Waals surface area contributed by atoms with Crippen LogP contribution in [0.25, 0.3) is 0 Å². The Balaban J connectivity index is 2.53. The van der Waals surface area contributed by atoms with Gasteiger partial charge in [-0.15, -0.1) is 0 Å². The van der Waals surface area contributed by atoms with Crippen LogP contribution in [-0.4, -0.2) is 24.3 Å². The Kier molecular flexibility index (Phi) is 1.88. The van der Waals surface area contributed by atoms with Crippen LogP contribution < -0.4 is 0 Å². The number of rotatable bonds is 1. The highest BCUT2D eigenvalue weighted by molar-refractivity contribution is 5.59. The van der Waals surface area contributed by atoms with Gasteiger partial charge in [-0.3, -0.25) is 4.99 Å². The van der Waals surface area contributed by atoms with E-state index in [-0.39, 0.29) is 0 Å². The molecule has 0 unspecified atom stereocenters. The maximum absolute atomic E-state index is 4.09. The summed E-state index contributed by atoms with van der Waals surface area (Å²) in [5.41, 5.74) is 1.29. The lowest BCUT2D eigenvalue weighted by Gasteiger charge is -2.12. The molecule has 0 aromatic rings. The first-order valence-corrected chi connectivity index (χ1v) is 3.24. The zero-order chi connectivity index (χ0) is 6.69. The molecule has 0 fully saturated rings. The molecule has 1 aliphatic rings. The molecule has 0 saturated heterocycles. The van der Waals surface area contributed by atoms with Gasteiger partial charge in [0.15, 0.2) is 0 Å². The molecule has 50 valence electrons. The average Bonchev–Trinajstić information content (AvgIpc) is 2.37. The summed E-state index contributed by atoms with van der Waals surface area (Å²) >= 11 is 0. The van der Waals surface area contributed by atoms with Gasteiger partial charge in [0.05, 0.1) is 12.9 Å². The number of allylic oxidation sites excluding steroid dienone is 2. The molecule has 0 atom stereocenters. The molecule has 0 N–H and O–H groups in total. The third-order valence-electron chi connectivity index (χ3n) is 1.56. The van der Waals surface area contributed by atoms with Crippen LogP contribution >= 0.6 is 0 Å². The van der Waals surface area contributed by atoms with Crippen LogP contribution in [0.1, 0.15) is 13.8 Å². The molecule has 0 amide bonds. The minimum Gasteiger partial charge on any atom is -0.335 e. The summed E-state index contributed by atoms with van der Waals surface area (Å²) in [4.78, 5) is 6.25. The van der Waals surface area contributed by atoms with Gasteiger partial charge in [-0.1, -0.05) is 6.08 Å². The molecule has 2 heteroatoms. The van der Waals surface area contributed by atoms with Gasteiger partial charge in [0, 0.05) is 12.2 Å². The standard InChI is InChI=1S/C7H12N2/c1-3-7(2)9-5-4-8-6-9/h3,6H,4-5H2,1-2H3/b7-3+. The Bertz CT molecular complexity index is 147. The summed E-state index contributed by atoms with van der Waals surface area (Å²) in [6.45, 7) is 6.14. The molecule has 0 aliphatic carbocycles. The van der Waals surface area contributed by atoms with Crippen LogP contribution in [0.2, 0.25) is 0 Å². The van der Waals surface area contributed by atoms with Crippen molar-refractivity contribution in [2.45, 2.75) is 13.8 Å². The zero-order valence-electron chi connectivity index (χ0n) is 5.96. The molecule has 1 heterocycles. The highest BCUT2D eigenvalue weighted by Crippen LogP contribution is 2.03. The van der Waals surface area contributed by atoms with E-state index < -0.39 is 0 Å². The van der Waals surface area contributed by atoms with E-state index in [0.717, 1.165) is 13.1 Å². The van der Waals surface area contributed by atoms with E-state index in [9.17, 15) is 0 Å². The highest BCUT2D eigenvalue weighted by atomic mass is 15.2. The van der Waals surface area contributed by atoms with Crippen LogP contribution in [0.3, 0.4) is 0 Å². The number of hydrogen-bond acceptors (Lipinski definition) is 2. The summed E-state index contributed by atoms with van der Waals surface area (Å²) in [6, 6.07) is 0. The molecule has 0 aromatic carbocycles. The fraction of sp³-hybridized carbons (Fsp3) is 0.571. The molecule has 0 saturated carbocycles. The van der Waals surface area contributed by atoms with E-state index in [0.29, 0.717) is 0 Å². The van der Waals surface area contributed by atoms with Gasteiger partial charge in [0.1, 0.15) is 0 Å². The Morgan fingerprint density at radius 2 is 2.56 bits per heavy atom. The Labute approximate surface area is 55.9 Å². The summed E-state index contributed by atoms with van der Waals surface area (Å²) in [5.74, 6) is 0. The molecule has 0 spiro atoms. The van der Waals surface area contributed by atoms with Crippen molar-refractivity contribution >= 4 is 6.34 Å². The van der Waals surface area contributed by atoms with Crippen LogP contribution in [-0.2, 0) is 0 Å². The predicted octanol–water partition coefficient (Wildman–Crippen LogP) is 1.25. The highest BCUT2D eigenvalue weighted by Gasteiger charge is 2.04. The van der Waals surface area contributed by atoms with Crippen molar-refractivity contribution in [2.75, 3.05) is 13.1 Å². The van der Waals surface area contributed by atoms with Crippen LogP contribution in [0.4, 0.5) is 0 Å². The number of nitrogens with zero attached hydrogens (tertiary/aromatic N) is 2. The second kappa shape index (κ2) is 2.67. The van der Waals surface area contributed by atoms with E-state index in [4.69, 9.17) is 0 Å². The van der Waals surface area contributed by atoms with Crippen LogP contribution in [0, 0.1) is 0 Å². The van der Waals surface area contributed by atoms with Crippen LogP contribution in [0.5, 0.6) is 0 Å². The van der Waals surface area contributed by atoms with E-state index in [1.807, 2.05) is 13.3 Å². The molecule has 9 heavy (non-hydrogen) atoms. The van der Waals surface area contributed by atoms with E-state index in [1.165, 1.54) is 5.70 Å². The lowest BCUT2D eigenvalue weighted by atomic mass is 10.4. The Hall–Kier alpha value is -0.790. The van der Waals surface area contributed by atoms with Crippen molar-refractivity contribution in [3.8, 4) is 0 Å². The first-order chi connectivity index (χ1) is 4.34. The van der Waals surface area contributed by atoms with E-state index in [1.54, 1.807) is 0 Å². The summed E-state index contributed by atoms with van der Waals surface area (Å²) < 4.78 is 0. The maximum atomic E-state index is 4.09. The zero-order valence-corrected chi connectivity index (χ0v) is 5.96. The van der Waals surface area contributed by atoms with Crippen molar-refractivity contribution in [1.29, 1.82) is 0 Å². The Morgan fingerprint density at radius 3 is 3.00 bits per heavy atom. The summed E-state index contributed by atoms with van der Waals surface area (Å²) in [5, 5.41) is 0. The largest absolute Gasteiger partial charge is 0.335 e. The average molecular weight is 124 g/mol. The summed E-state index contributed by atoms with van der Waals surface area (Å²) in [7, 11) is 0. The van der Waals surface area contributed by atoms with Gasteiger partial charge in [0.25, 0.3) is 0 Å². The van der Waals surface area contributed by atoms with Gasteiger partial charge >= 0.3 is 0 Å². The molecule has 1 aliphatic heterocycles. The first-order valence-electron chi connectivity index (χ1n) is 3.24. The third-order valence-corrected chi connectivity index (χ3v) is 1.56. The monoisotopic (exact) mass is 124 g/mol. The normalized spacial score (nSPS) is 19.3. The lowest BCUT2D eigenvalue weighted by molar-refractivity contribution is 0.573. The molecule has 0 aromatic heterocycles. The molecular weight excluding hydrogens is 112 g/mol. The number of hydrogen-bond donors (Lipinski definition) is 0. The molecule has 0 bridgehead atoms. The van der Waals surface area contributed by atoms with Crippen molar-refractivity contribution in [3.05, 3.63) is 11.8 Å². The molecular formula is C7H12N2. The van der Waals surface area contributed by atoms with Gasteiger partial charge in [-0.05, 0) is 13.8 Å². The van der Waals surface area contributed by atoms with Gasteiger partial charge in [-0.2, -0.15) is 0 Å². The lowest BCUT2D eigenvalue weighted by Crippen LogP contribution is -2.16. The fourth-order valence-electron chi connectivity index (χ4n) is 0.813. The minimum atomic E-state index is 0.950. The van der Waals surface area contributed by atoms with Crippen LogP contribution in [0.15, 0.2) is 16.8 Å². The quantitative estimate of drug-likeness (QED) is 0.513. The minimum absolute atomic E-state index is 0.950. The van der Waals surface area contributed by atoms with E-state index in [2.05, 4.69) is 22.9 Å². The summed E-state index contributed by atoms with van der Waals surface area (Å²) in [6.07, 6.45) is 3.99. The second-order valence-electron chi connectivity index (χ2n) is 2.15. The molecule has 2 nitrogen and oxygen atoms in total. The van der Waals surface area contributed by atoms with Crippen molar-refractivity contribution in [3.63, 3.8) is 0 Å². The smallest absolute Gasteiger partial charge is 0.0892 e. The molecule has 1 rings (SSSR count). The van der Waals surface area contributed by atoms with Crippen molar-refractivity contribution in [1.82, 2.24) is 4.90 Å². The van der Waals surface area contributed by atoms with Crippen molar-refractivity contribution in [2.24, 2.45) is 4.99 Å². The fourth-order valence-corrected chi connectivity index (χ4v) is 0.813. The maximum Gasteiger partial charge on any atom is 0.0892 e.